The van der Waals surface area contributed by atoms with E-state index in [0.717, 1.165) is 28.8 Å². The number of alkyl halides is 3. The van der Waals surface area contributed by atoms with Gasteiger partial charge in [0.2, 0.25) is 5.91 Å². The lowest BCUT2D eigenvalue weighted by atomic mass is 10.1. The Morgan fingerprint density at radius 1 is 1.21 bits per heavy atom. The quantitative estimate of drug-likeness (QED) is 0.816. The van der Waals surface area contributed by atoms with Crippen molar-refractivity contribution >= 4 is 28.8 Å². The molecule has 2 aliphatic heterocycles. The molecule has 2 aliphatic rings. The Morgan fingerprint density at radius 3 is 2.54 bits per heavy atom. The third-order valence-corrected chi connectivity index (χ3v) is 4.90. The molecule has 2 saturated heterocycles. The first-order chi connectivity index (χ1) is 11.3. The van der Waals surface area contributed by atoms with E-state index >= 15 is 0 Å². The van der Waals surface area contributed by atoms with Crippen LogP contribution in [0.1, 0.15) is 22.3 Å². The highest BCUT2D eigenvalue weighted by Crippen LogP contribution is 2.33. The topological polar surface area (TPSA) is 57.7 Å². The highest BCUT2D eigenvalue weighted by Gasteiger charge is 2.42. The molecule has 1 unspecified atom stereocenters. The van der Waals surface area contributed by atoms with Gasteiger partial charge in [-0.25, -0.2) is 0 Å². The number of carbonyl (C=O) groups is 3. The zero-order chi connectivity index (χ0) is 17.5. The first-order valence-electron chi connectivity index (χ1n) is 7.23. The minimum absolute atomic E-state index is 0.0586. The number of halogens is 3. The van der Waals surface area contributed by atoms with Gasteiger partial charge in [-0.05, 0) is 18.6 Å². The Morgan fingerprint density at radius 2 is 1.92 bits per heavy atom. The molecule has 2 heterocycles. The van der Waals surface area contributed by atoms with Crippen molar-refractivity contribution in [3.05, 3.63) is 35.4 Å². The third kappa shape index (κ3) is 3.00. The Bertz CT molecular complexity index is 691. The van der Waals surface area contributed by atoms with Crippen LogP contribution in [0.25, 0.3) is 0 Å². The molecule has 1 atom stereocenters. The van der Waals surface area contributed by atoms with Crippen LogP contribution >= 0.6 is 11.8 Å². The number of nitrogens with zero attached hydrogens (tertiary/aromatic N) is 2. The average Bonchev–Trinajstić information content (AvgIpc) is 3.12. The van der Waals surface area contributed by atoms with Gasteiger partial charge in [-0.15, -0.1) is 0 Å². The summed E-state index contributed by atoms with van der Waals surface area (Å²) in [6.45, 7) is 0.264. The second-order valence-electron chi connectivity index (χ2n) is 5.56. The van der Waals surface area contributed by atoms with Gasteiger partial charge in [0.1, 0.15) is 0 Å². The number of imide groups is 1. The van der Waals surface area contributed by atoms with E-state index in [1.165, 1.54) is 17.0 Å². The van der Waals surface area contributed by atoms with E-state index in [1.54, 1.807) is 0 Å². The van der Waals surface area contributed by atoms with Gasteiger partial charge in [0.25, 0.3) is 11.1 Å². The van der Waals surface area contributed by atoms with Gasteiger partial charge >= 0.3 is 6.18 Å². The fourth-order valence-electron chi connectivity index (χ4n) is 2.94. The van der Waals surface area contributed by atoms with E-state index in [1.807, 2.05) is 0 Å². The Kier molecular flexibility index (Phi) is 4.29. The van der Waals surface area contributed by atoms with Crippen LogP contribution in [-0.4, -0.2) is 51.7 Å². The molecule has 0 aromatic heterocycles. The van der Waals surface area contributed by atoms with Crippen LogP contribution in [0, 0.1) is 0 Å². The van der Waals surface area contributed by atoms with Gasteiger partial charge < -0.3 is 4.90 Å². The van der Waals surface area contributed by atoms with E-state index in [9.17, 15) is 27.6 Å². The monoisotopic (exact) mass is 358 g/mol. The molecule has 9 heteroatoms. The maximum absolute atomic E-state index is 13.0. The predicted octanol–water partition coefficient (Wildman–Crippen LogP) is 2.62. The summed E-state index contributed by atoms with van der Waals surface area (Å²) >= 11 is 0.897. The normalized spacial score (nSPS) is 21.7. The summed E-state index contributed by atoms with van der Waals surface area (Å²) in [4.78, 5) is 38.3. The molecule has 2 fully saturated rings. The van der Waals surface area contributed by atoms with Crippen LogP contribution in [0.4, 0.5) is 18.0 Å². The Labute approximate surface area is 139 Å². The van der Waals surface area contributed by atoms with Gasteiger partial charge in [-0.3, -0.25) is 19.3 Å². The van der Waals surface area contributed by atoms with Crippen LogP contribution in [0.15, 0.2) is 24.3 Å². The molecule has 0 aliphatic carbocycles. The summed E-state index contributed by atoms with van der Waals surface area (Å²) in [7, 11) is 0. The van der Waals surface area contributed by atoms with Gasteiger partial charge in [-0.1, -0.05) is 23.9 Å². The van der Waals surface area contributed by atoms with Crippen molar-refractivity contribution < 1.29 is 27.6 Å². The Hall–Kier alpha value is -2.03. The first-order valence-corrected chi connectivity index (χ1v) is 8.22. The second-order valence-corrected chi connectivity index (χ2v) is 6.48. The van der Waals surface area contributed by atoms with Gasteiger partial charge in [0.05, 0.1) is 22.9 Å². The molecule has 0 radical (unpaired) electrons. The van der Waals surface area contributed by atoms with E-state index in [4.69, 9.17) is 0 Å². The summed E-state index contributed by atoms with van der Waals surface area (Å²) in [5.74, 6) is -0.989. The molecule has 0 saturated carbocycles. The van der Waals surface area contributed by atoms with Crippen molar-refractivity contribution in [2.45, 2.75) is 18.6 Å². The molecular weight excluding hydrogens is 345 g/mol. The number of likely N-dealkylation sites (tertiary alicyclic amines) is 1. The lowest BCUT2D eigenvalue weighted by Crippen LogP contribution is -2.41. The minimum atomic E-state index is -4.62. The maximum Gasteiger partial charge on any atom is 0.417 e. The predicted molar refractivity (Wildman–Crippen MR) is 80.5 cm³/mol. The summed E-state index contributed by atoms with van der Waals surface area (Å²) in [5, 5.41) is -0.366. The van der Waals surface area contributed by atoms with Crippen LogP contribution in [0.3, 0.4) is 0 Å². The van der Waals surface area contributed by atoms with Crippen molar-refractivity contribution in [3.63, 3.8) is 0 Å². The molecule has 24 heavy (non-hydrogen) atoms. The average molecular weight is 358 g/mol. The lowest BCUT2D eigenvalue weighted by molar-refractivity contribution is -0.138. The van der Waals surface area contributed by atoms with Crippen molar-refractivity contribution in [2.24, 2.45) is 0 Å². The van der Waals surface area contributed by atoms with Crippen LogP contribution in [0.2, 0.25) is 0 Å². The number of amides is 3. The number of rotatable bonds is 2. The zero-order valence-electron chi connectivity index (χ0n) is 12.4. The smallest absolute Gasteiger partial charge is 0.336 e. The van der Waals surface area contributed by atoms with E-state index in [2.05, 4.69) is 0 Å². The fourth-order valence-corrected chi connectivity index (χ4v) is 3.72. The molecule has 0 bridgehead atoms. The molecule has 5 nitrogen and oxygen atoms in total. The molecule has 0 N–H and O–H groups in total. The zero-order valence-corrected chi connectivity index (χ0v) is 13.2. The number of thioether (sulfide) groups is 1. The molecule has 128 valence electrons. The molecule has 1 aromatic carbocycles. The number of hydrogen-bond donors (Lipinski definition) is 0. The molecule has 0 spiro atoms. The van der Waals surface area contributed by atoms with Crippen LogP contribution < -0.4 is 0 Å². The van der Waals surface area contributed by atoms with Gasteiger partial charge in [-0.2, -0.15) is 13.2 Å². The van der Waals surface area contributed by atoms with Crippen molar-refractivity contribution in [2.75, 3.05) is 18.8 Å². The number of carbonyl (C=O) groups excluding carboxylic acids is 3. The third-order valence-electron chi connectivity index (χ3n) is 4.06. The maximum atomic E-state index is 13.0. The SMILES string of the molecule is O=C(c1ccccc1C(F)(F)F)N1CCC(N2C(=O)CSC2=O)C1. The molecular formula is C15H13F3N2O3S. The first kappa shape index (κ1) is 16.8. The second kappa shape index (κ2) is 6.12. The van der Waals surface area contributed by atoms with Crippen LogP contribution in [0.5, 0.6) is 0 Å². The Balaban J connectivity index is 1.79. The summed E-state index contributed by atoms with van der Waals surface area (Å²) < 4.78 is 39.1. The summed E-state index contributed by atoms with van der Waals surface area (Å²) in [6.07, 6.45) is -4.25. The van der Waals surface area contributed by atoms with Crippen molar-refractivity contribution in [3.8, 4) is 0 Å². The molecule has 3 amide bonds. The van der Waals surface area contributed by atoms with E-state index < -0.39 is 29.3 Å². The molecule has 1 aromatic rings. The van der Waals surface area contributed by atoms with E-state index in [-0.39, 0.29) is 30.0 Å². The van der Waals surface area contributed by atoms with Crippen LogP contribution in [-0.2, 0) is 11.0 Å². The summed E-state index contributed by atoms with van der Waals surface area (Å²) in [5.41, 5.74) is -1.40. The fraction of sp³-hybridized carbons (Fsp3) is 0.400. The number of hydrogen-bond acceptors (Lipinski definition) is 4. The number of benzene rings is 1. The lowest BCUT2D eigenvalue weighted by Gasteiger charge is -2.22. The van der Waals surface area contributed by atoms with Gasteiger partial charge in [0.15, 0.2) is 0 Å². The van der Waals surface area contributed by atoms with E-state index in [0.29, 0.717) is 6.42 Å². The standard InChI is InChI=1S/C15H13F3N2O3S/c16-15(17,18)11-4-2-1-3-10(11)13(22)19-6-5-9(7-19)20-12(21)8-24-14(20)23/h1-4,9H,5-8H2. The summed E-state index contributed by atoms with van der Waals surface area (Å²) in [6, 6.07) is 4.14. The highest BCUT2D eigenvalue weighted by atomic mass is 32.2. The minimum Gasteiger partial charge on any atom is -0.336 e. The molecule has 3 rings (SSSR count). The largest absolute Gasteiger partial charge is 0.417 e. The van der Waals surface area contributed by atoms with Crippen molar-refractivity contribution in [1.82, 2.24) is 9.80 Å². The highest BCUT2D eigenvalue weighted by molar-refractivity contribution is 8.14. The van der Waals surface area contributed by atoms with Gasteiger partial charge in [0, 0.05) is 13.1 Å². The van der Waals surface area contributed by atoms with Crippen molar-refractivity contribution in [1.29, 1.82) is 0 Å².